The number of carbonyl (C=O) groups excluding carboxylic acids is 1. The van der Waals surface area contributed by atoms with E-state index in [4.69, 9.17) is 9.26 Å². The van der Waals surface area contributed by atoms with Crippen molar-refractivity contribution in [3.05, 3.63) is 35.6 Å². The van der Waals surface area contributed by atoms with Crippen molar-refractivity contribution >= 4 is 5.91 Å². The van der Waals surface area contributed by atoms with E-state index in [-0.39, 0.29) is 17.9 Å². The molecule has 0 N–H and O–H groups in total. The Kier molecular flexibility index (Phi) is 4.78. The van der Waals surface area contributed by atoms with Gasteiger partial charge in [0.15, 0.2) is 5.82 Å². The molecule has 1 aliphatic rings. The predicted molar refractivity (Wildman–Crippen MR) is 86.9 cm³/mol. The fraction of sp³-hybridized carbons (Fsp3) is 0.529. The molecule has 7 nitrogen and oxygen atoms in total. The van der Waals surface area contributed by atoms with Gasteiger partial charge in [-0.05, 0) is 39.7 Å². The van der Waals surface area contributed by atoms with E-state index in [0.717, 1.165) is 19.4 Å². The van der Waals surface area contributed by atoms with E-state index in [2.05, 4.69) is 15.1 Å². The zero-order valence-corrected chi connectivity index (χ0v) is 14.2. The van der Waals surface area contributed by atoms with Gasteiger partial charge < -0.3 is 14.2 Å². The number of amides is 1. The molecule has 2 aromatic rings. The summed E-state index contributed by atoms with van der Waals surface area (Å²) in [7, 11) is 0. The second-order valence-electron chi connectivity index (χ2n) is 6.32. The molecule has 3 heterocycles. The second kappa shape index (κ2) is 6.98. The van der Waals surface area contributed by atoms with E-state index in [1.165, 1.54) is 0 Å². The Morgan fingerprint density at radius 3 is 2.88 bits per heavy atom. The number of nitrogens with zero attached hydrogens (tertiary/aromatic N) is 4. The molecule has 1 fully saturated rings. The molecule has 128 valence electrons. The minimum absolute atomic E-state index is 0.0282. The fourth-order valence-electron chi connectivity index (χ4n) is 2.84. The van der Waals surface area contributed by atoms with Crippen LogP contribution in [0.3, 0.4) is 0 Å². The molecule has 0 radical (unpaired) electrons. The Labute approximate surface area is 141 Å². The average molecular weight is 330 g/mol. The maximum absolute atomic E-state index is 12.7. The van der Waals surface area contributed by atoms with E-state index in [9.17, 15) is 4.79 Å². The molecule has 1 saturated heterocycles. The van der Waals surface area contributed by atoms with Crippen LogP contribution in [0.25, 0.3) is 0 Å². The molecule has 7 heteroatoms. The highest BCUT2D eigenvalue weighted by atomic mass is 16.5. The number of aromatic nitrogens is 3. The summed E-state index contributed by atoms with van der Waals surface area (Å²) in [6.07, 6.45) is 3.49. The van der Waals surface area contributed by atoms with Crippen LogP contribution >= 0.6 is 0 Å². The van der Waals surface area contributed by atoms with Crippen LogP contribution in [-0.4, -0.2) is 45.1 Å². The molecular formula is C17H22N4O3. The van der Waals surface area contributed by atoms with Gasteiger partial charge in [0.1, 0.15) is 0 Å². The molecule has 0 saturated carbocycles. The van der Waals surface area contributed by atoms with Crippen molar-refractivity contribution in [2.45, 2.75) is 45.6 Å². The predicted octanol–water partition coefficient (Wildman–Crippen LogP) is 2.58. The van der Waals surface area contributed by atoms with E-state index in [1.54, 1.807) is 25.3 Å². The summed E-state index contributed by atoms with van der Waals surface area (Å²) in [6, 6.07) is 3.49. The van der Waals surface area contributed by atoms with Crippen LogP contribution in [0.15, 0.2) is 22.9 Å². The van der Waals surface area contributed by atoms with Gasteiger partial charge in [0, 0.05) is 25.4 Å². The molecule has 3 rings (SSSR count). The minimum Gasteiger partial charge on any atom is -0.475 e. The Bertz CT molecular complexity index is 696. The van der Waals surface area contributed by atoms with E-state index >= 15 is 0 Å². The largest absolute Gasteiger partial charge is 0.475 e. The lowest BCUT2D eigenvalue weighted by atomic mass is 9.97. The van der Waals surface area contributed by atoms with Crippen LogP contribution < -0.4 is 4.74 Å². The van der Waals surface area contributed by atoms with Crippen LogP contribution in [0.1, 0.15) is 54.7 Å². The van der Waals surface area contributed by atoms with Gasteiger partial charge in [-0.2, -0.15) is 4.98 Å². The SMILES string of the molecule is Cc1noc(C2CCCN(C(=O)c3ccc(OC(C)C)nc3)C2)n1. The van der Waals surface area contributed by atoms with Gasteiger partial charge >= 0.3 is 0 Å². The van der Waals surface area contributed by atoms with E-state index < -0.39 is 0 Å². The average Bonchev–Trinajstić information content (AvgIpc) is 3.01. The summed E-state index contributed by atoms with van der Waals surface area (Å²) in [5.74, 6) is 1.83. The van der Waals surface area contributed by atoms with Crippen molar-refractivity contribution in [2.24, 2.45) is 0 Å². The molecule has 1 aliphatic heterocycles. The van der Waals surface area contributed by atoms with Gasteiger partial charge in [0.2, 0.25) is 11.8 Å². The molecule has 1 atom stereocenters. The van der Waals surface area contributed by atoms with Gasteiger partial charge in [0.05, 0.1) is 17.6 Å². The van der Waals surface area contributed by atoms with Crippen LogP contribution in [0.5, 0.6) is 5.88 Å². The van der Waals surface area contributed by atoms with Crippen molar-refractivity contribution in [3.63, 3.8) is 0 Å². The van der Waals surface area contributed by atoms with E-state index in [0.29, 0.717) is 29.7 Å². The van der Waals surface area contributed by atoms with Crippen molar-refractivity contribution in [2.75, 3.05) is 13.1 Å². The zero-order valence-electron chi connectivity index (χ0n) is 14.2. The first-order valence-electron chi connectivity index (χ1n) is 8.25. The number of likely N-dealkylation sites (tertiary alicyclic amines) is 1. The van der Waals surface area contributed by atoms with Gasteiger partial charge in [-0.15, -0.1) is 0 Å². The van der Waals surface area contributed by atoms with Gasteiger partial charge in [-0.1, -0.05) is 5.16 Å². The lowest BCUT2D eigenvalue weighted by molar-refractivity contribution is 0.0695. The molecular weight excluding hydrogens is 308 g/mol. The number of piperidine rings is 1. The lowest BCUT2D eigenvalue weighted by Gasteiger charge is -2.31. The molecule has 1 unspecified atom stereocenters. The first-order chi connectivity index (χ1) is 11.5. The number of hydrogen-bond acceptors (Lipinski definition) is 6. The number of carbonyl (C=O) groups is 1. The van der Waals surface area contributed by atoms with Gasteiger partial charge in [-0.3, -0.25) is 4.79 Å². The maximum Gasteiger partial charge on any atom is 0.255 e. The van der Waals surface area contributed by atoms with Crippen LogP contribution in [0, 0.1) is 6.92 Å². The number of hydrogen-bond donors (Lipinski definition) is 0. The monoisotopic (exact) mass is 330 g/mol. The van der Waals surface area contributed by atoms with Crippen molar-refractivity contribution in [1.29, 1.82) is 0 Å². The summed E-state index contributed by atoms with van der Waals surface area (Å²) in [6.45, 7) is 6.99. The quantitative estimate of drug-likeness (QED) is 0.857. The first kappa shape index (κ1) is 16.4. The number of ether oxygens (including phenoxy) is 1. The standard InChI is InChI=1S/C17H22N4O3/c1-11(2)23-15-7-6-13(9-18-15)17(22)21-8-4-5-14(10-21)16-19-12(3)20-24-16/h6-7,9,11,14H,4-5,8,10H2,1-3H3. The fourth-order valence-corrected chi connectivity index (χ4v) is 2.84. The van der Waals surface area contributed by atoms with Gasteiger partial charge in [0.25, 0.3) is 5.91 Å². The molecule has 0 aliphatic carbocycles. The molecule has 0 bridgehead atoms. The highest BCUT2D eigenvalue weighted by Crippen LogP contribution is 2.26. The Morgan fingerprint density at radius 1 is 1.42 bits per heavy atom. The minimum atomic E-state index is -0.0282. The van der Waals surface area contributed by atoms with E-state index in [1.807, 2.05) is 18.7 Å². The molecule has 24 heavy (non-hydrogen) atoms. The summed E-state index contributed by atoms with van der Waals surface area (Å²) < 4.78 is 10.8. The third-order valence-corrected chi connectivity index (χ3v) is 3.94. The summed E-state index contributed by atoms with van der Waals surface area (Å²) in [4.78, 5) is 23.0. The van der Waals surface area contributed by atoms with Crippen LogP contribution in [0.2, 0.25) is 0 Å². The summed E-state index contributed by atoms with van der Waals surface area (Å²) in [5, 5.41) is 3.84. The lowest BCUT2D eigenvalue weighted by Crippen LogP contribution is -2.39. The molecule has 0 aromatic carbocycles. The summed E-state index contributed by atoms with van der Waals surface area (Å²) >= 11 is 0. The smallest absolute Gasteiger partial charge is 0.255 e. The molecule has 1 amide bonds. The Balaban J connectivity index is 1.67. The van der Waals surface area contributed by atoms with Crippen LogP contribution in [-0.2, 0) is 0 Å². The second-order valence-corrected chi connectivity index (χ2v) is 6.32. The molecule has 2 aromatic heterocycles. The third kappa shape index (κ3) is 3.72. The summed E-state index contributed by atoms with van der Waals surface area (Å²) in [5.41, 5.74) is 0.563. The van der Waals surface area contributed by atoms with Crippen LogP contribution in [0.4, 0.5) is 0 Å². The number of rotatable bonds is 4. The molecule has 0 spiro atoms. The third-order valence-electron chi connectivity index (χ3n) is 3.94. The van der Waals surface area contributed by atoms with Crippen molar-refractivity contribution < 1.29 is 14.1 Å². The maximum atomic E-state index is 12.7. The van der Waals surface area contributed by atoms with Crippen molar-refractivity contribution in [3.8, 4) is 5.88 Å². The zero-order chi connectivity index (χ0) is 17.1. The topological polar surface area (TPSA) is 81.4 Å². The first-order valence-corrected chi connectivity index (χ1v) is 8.25. The Hall–Kier alpha value is -2.44. The van der Waals surface area contributed by atoms with Gasteiger partial charge in [-0.25, -0.2) is 4.98 Å². The highest BCUT2D eigenvalue weighted by molar-refractivity contribution is 5.94. The highest BCUT2D eigenvalue weighted by Gasteiger charge is 2.28. The number of aryl methyl sites for hydroxylation is 1. The number of pyridine rings is 1. The Morgan fingerprint density at radius 2 is 2.25 bits per heavy atom. The van der Waals surface area contributed by atoms with Crippen molar-refractivity contribution in [1.82, 2.24) is 20.0 Å². The normalized spacial score (nSPS) is 18.0.